The number of rotatable bonds is 9. The number of benzene rings is 2. The van der Waals surface area contributed by atoms with Crippen LogP contribution < -0.4 is 15.8 Å². The number of ether oxygens (including phenoxy) is 1. The largest absolute Gasteiger partial charge is 0.573 e. The van der Waals surface area contributed by atoms with Crippen molar-refractivity contribution in [3.8, 4) is 5.75 Å². The third-order valence-corrected chi connectivity index (χ3v) is 3.84. The lowest BCUT2D eigenvalue weighted by Crippen LogP contribution is -2.42. The quantitative estimate of drug-likeness (QED) is 0.716. The minimum absolute atomic E-state index is 0.259. The Balaban J connectivity index is 1.84. The van der Waals surface area contributed by atoms with Crippen molar-refractivity contribution in [1.82, 2.24) is 5.32 Å². The summed E-state index contributed by atoms with van der Waals surface area (Å²) in [4.78, 5) is 11.6. The van der Waals surface area contributed by atoms with Crippen molar-refractivity contribution in [1.29, 1.82) is 0 Å². The van der Waals surface area contributed by atoms with E-state index in [-0.39, 0.29) is 5.75 Å². The molecule has 3 N–H and O–H groups in total. The van der Waals surface area contributed by atoms with Gasteiger partial charge in [0, 0.05) is 0 Å². The molecule has 0 bridgehead atoms. The fourth-order valence-corrected chi connectivity index (χ4v) is 2.59. The average Bonchev–Trinajstić information content (AvgIpc) is 2.57. The van der Waals surface area contributed by atoms with Gasteiger partial charge < -0.3 is 15.8 Å². The fraction of sp³-hybridized carbons (Fsp3) is 0.316. The minimum Gasteiger partial charge on any atom is -0.406 e. The van der Waals surface area contributed by atoms with Crippen LogP contribution in [0.1, 0.15) is 17.5 Å². The number of carbonyl (C=O) groups is 1. The van der Waals surface area contributed by atoms with E-state index in [1.165, 1.54) is 18.2 Å². The molecule has 1 atom stereocenters. The number of amides is 1. The smallest absolute Gasteiger partial charge is 0.406 e. The molecule has 140 valence electrons. The van der Waals surface area contributed by atoms with Crippen molar-refractivity contribution in [2.45, 2.75) is 31.7 Å². The monoisotopic (exact) mass is 366 g/mol. The van der Waals surface area contributed by atoms with Gasteiger partial charge in [0.1, 0.15) is 5.75 Å². The third kappa shape index (κ3) is 7.14. The van der Waals surface area contributed by atoms with E-state index < -0.39 is 18.3 Å². The molecule has 0 spiro atoms. The molecule has 2 aromatic carbocycles. The second-order valence-electron chi connectivity index (χ2n) is 5.88. The molecule has 0 fully saturated rings. The SMILES string of the molecule is NC(=O)[C@@H](CCc1ccccc1)NCCc1cccc(OC(F)(F)F)c1. The molecular weight excluding hydrogens is 345 g/mol. The zero-order chi connectivity index (χ0) is 19.0. The van der Waals surface area contributed by atoms with Crippen molar-refractivity contribution in [3.05, 3.63) is 65.7 Å². The molecule has 0 aromatic heterocycles. The Labute approximate surface area is 150 Å². The lowest BCUT2D eigenvalue weighted by atomic mass is 10.0. The number of alkyl halides is 3. The number of aryl methyl sites for hydroxylation is 1. The molecule has 0 saturated carbocycles. The van der Waals surface area contributed by atoms with Gasteiger partial charge in [0.25, 0.3) is 0 Å². The summed E-state index contributed by atoms with van der Waals surface area (Å²) in [6, 6.07) is 15.0. The number of hydrogen-bond acceptors (Lipinski definition) is 3. The molecule has 0 saturated heterocycles. The third-order valence-electron chi connectivity index (χ3n) is 3.84. The lowest BCUT2D eigenvalue weighted by Gasteiger charge is -2.16. The van der Waals surface area contributed by atoms with Crippen LogP contribution in [-0.4, -0.2) is 24.9 Å². The van der Waals surface area contributed by atoms with E-state index in [1.54, 1.807) is 6.07 Å². The van der Waals surface area contributed by atoms with E-state index in [1.807, 2.05) is 30.3 Å². The van der Waals surface area contributed by atoms with Gasteiger partial charge in [-0.15, -0.1) is 13.2 Å². The molecule has 2 rings (SSSR count). The first-order chi connectivity index (χ1) is 12.3. The molecule has 0 aliphatic carbocycles. The van der Waals surface area contributed by atoms with Crippen LogP contribution in [0.5, 0.6) is 5.75 Å². The van der Waals surface area contributed by atoms with Gasteiger partial charge in [0.2, 0.25) is 5.91 Å². The molecule has 2 aromatic rings. The molecule has 0 heterocycles. The second-order valence-corrected chi connectivity index (χ2v) is 5.88. The molecule has 7 heteroatoms. The zero-order valence-electron chi connectivity index (χ0n) is 14.1. The molecule has 0 radical (unpaired) electrons. The summed E-state index contributed by atoms with van der Waals surface area (Å²) in [5.74, 6) is -0.708. The van der Waals surface area contributed by atoms with Gasteiger partial charge in [-0.3, -0.25) is 4.79 Å². The fourth-order valence-electron chi connectivity index (χ4n) is 2.59. The lowest BCUT2D eigenvalue weighted by molar-refractivity contribution is -0.274. The van der Waals surface area contributed by atoms with E-state index in [9.17, 15) is 18.0 Å². The van der Waals surface area contributed by atoms with Gasteiger partial charge in [0.15, 0.2) is 0 Å². The van der Waals surface area contributed by atoms with Crippen LogP contribution in [0.3, 0.4) is 0 Å². The highest BCUT2D eigenvalue weighted by atomic mass is 19.4. The Kier molecular flexibility index (Phi) is 7.03. The molecule has 0 aliphatic heterocycles. The van der Waals surface area contributed by atoms with E-state index in [0.717, 1.165) is 5.56 Å². The molecule has 4 nitrogen and oxygen atoms in total. The average molecular weight is 366 g/mol. The van der Waals surface area contributed by atoms with Crippen LogP contribution in [0.25, 0.3) is 0 Å². The summed E-state index contributed by atoms with van der Waals surface area (Å²) in [6.07, 6.45) is -3.01. The first kappa shape index (κ1) is 19.8. The summed E-state index contributed by atoms with van der Waals surface area (Å²) in [7, 11) is 0. The zero-order valence-corrected chi connectivity index (χ0v) is 14.1. The first-order valence-electron chi connectivity index (χ1n) is 8.25. The number of hydrogen-bond donors (Lipinski definition) is 2. The molecule has 1 amide bonds. The van der Waals surface area contributed by atoms with Gasteiger partial charge in [-0.1, -0.05) is 42.5 Å². The highest BCUT2D eigenvalue weighted by Crippen LogP contribution is 2.23. The van der Waals surface area contributed by atoms with Gasteiger partial charge in [0.05, 0.1) is 6.04 Å². The van der Waals surface area contributed by atoms with Crippen molar-refractivity contribution in [2.75, 3.05) is 6.54 Å². The van der Waals surface area contributed by atoms with Crippen molar-refractivity contribution >= 4 is 5.91 Å². The highest BCUT2D eigenvalue weighted by Gasteiger charge is 2.31. The number of halogens is 3. The number of carbonyl (C=O) groups excluding carboxylic acids is 1. The number of primary amides is 1. The van der Waals surface area contributed by atoms with E-state index in [2.05, 4.69) is 10.1 Å². The van der Waals surface area contributed by atoms with Crippen molar-refractivity contribution < 1.29 is 22.7 Å². The maximum Gasteiger partial charge on any atom is 0.573 e. The van der Waals surface area contributed by atoms with Gasteiger partial charge in [-0.25, -0.2) is 0 Å². The Morgan fingerprint density at radius 1 is 1.04 bits per heavy atom. The second kappa shape index (κ2) is 9.24. The van der Waals surface area contributed by atoms with Crippen molar-refractivity contribution in [3.63, 3.8) is 0 Å². The predicted octanol–water partition coefficient (Wildman–Crippen LogP) is 3.20. The molecule has 0 aliphatic rings. The summed E-state index contributed by atoms with van der Waals surface area (Å²) >= 11 is 0. The maximum atomic E-state index is 12.3. The molecular formula is C19H21F3N2O2. The van der Waals surface area contributed by atoms with E-state index in [0.29, 0.717) is 31.4 Å². The van der Waals surface area contributed by atoms with Crippen LogP contribution in [0.4, 0.5) is 13.2 Å². The standard InChI is InChI=1S/C19H21F3N2O2/c20-19(21,22)26-16-8-4-7-15(13-16)11-12-24-17(18(23)25)10-9-14-5-2-1-3-6-14/h1-8,13,17,24H,9-12H2,(H2,23,25)/t17-/m1/s1. The summed E-state index contributed by atoms with van der Waals surface area (Å²) in [5, 5.41) is 3.07. The molecule has 26 heavy (non-hydrogen) atoms. The van der Waals surface area contributed by atoms with Crippen molar-refractivity contribution in [2.24, 2.45) is 5.73 Å². The summed E-state index contributed by atoms with van der Waals surface area (Å²) in [6.45, 7) is 0.415. The molecule has 0 unspecified atom stereocenters. The van der Waals surface area contributed by atoms with Crippen LogP contribution in [0.2, 0.25) is 0 Å². The Hall–Kier alpha value is -2.54. The first-order valence-corrected chi connectivity index (χ1v) is 8.25. The van der Waals surface area contributed by atoms with Gasteiger partial charge >= 0.3 is 6.36 Å². The number of nitrogens with two attached hydrogens (primary N) is 1. The van der Waals surface area contributed by atoms with E-state index >= 15 is 0 Å². The summed E-state index contributed by atoms with van der Waals surface area (Å²) in [5.41, 5.74) is 7.21. The maximum absolute atomic E-state index is 12.3. The van der Waals surface area contributed by atoms with Gasteiger partial charge in [-0.2, -0.15) is 0 Å². The highest BCUT2D eigenvalue weighted by molar-refractivity contribution is 5.79. The Bertz CT molecular complexity index is 705. The van der Waals surface area contributed by atoms with Crippen LogP contribution in [0.15, 0.2) is 54.6 Å². The predicted molar refractivity (Wildman–Crippen MR) is 92.6 cm³/mol. The van der Waals surface area contributed by atoms with Crippen LogP contribution in [-0.2, 0) is 17.6 Å². The van der Waals surface area contributed by atoms with Crippen LogP contribution >= 0.6 is 0 Å². The van der Waals surface area contributed by atoms with E-state index in [4.69, 9.17) is 5.73 Å². The Morgan fingerprint density at radius 2 is 1.73 bits per heavy atom. The topological polar surface area (TPSA) is 64.4 Å². The Morgan fingerprint density at radius 3 is 2.38 bits per heavy atom. The normalized spacial score (nSPS) is 12.6. The summed E-state index contributed by atoms with van der Waals surface area (Å²) < 4.78 is 40.7. The van der Waals surface area contributed by atoms with Crippen LogP contribution in [0, 0.1) is 0 Å². The number of nitrogens with one attached hydrogen (secondary N) is 1. The van der Waals surface area contributed by atoms with Gasteiger partial charge in [-0.05, 0) is 49.1 Å². The minimum atomic E-state index is -4.72.